The van der Waals surface area contributed by atoms with Crippen LogP contribution in [0.5, 0.6) is 0 Å². The van der Waals surface area contributed by atoms with E-state index in [1.54, 1.807) is 54.6 Å². The Balaban J connectivity index is 1.69. The van der Waals surface area contributed by atoms with Gasteiger partial charge in [0, 0.05) is 30.6 Å². The third-order valence-electron chi connectivity index (χ3n) is 6.84. The molecule has 0 aliphatic carbocycles. The van der Waals surface area contributed by atoms with Gasteiger partial charge in [-0.2, -0.15) is 36.6 Å². The molecule has 44 heavy (non-hydrogen) atoms. The summed E-state index contributed by atoms with van der Waals surface area (Å²) in [5.41, 5.74) is -1.75. The fraction of sp³-hybridized carbons (Fsp3) is 0.200. The molecule has 1 aromatic heterocycles. The van der Waals surface area contributed by atoms with Crippen LogP contribution in [0.15, 0.2) is 92.7 Å². The van der Waals surface area contributed by atoms with Gasteiger partial charge in [0.25, 0.3) is 0 Å². The molecule has 0 saturated heterocycles. The molecular weight excluding hydrogens is 614 g/mol. The maximum atomic E-state index is 13.6. The Bertz CT molecular complexity index is 1730. The van der Waals surface area contributed by atoms with E-state index in [-0.39, 0.29) is 70.1 Å². The minimum absolute atomic E-state index is 0.0265. The van der Waals surface area contributed by atoms with Crippen LogP contribution in [-0.4, -0.2) is 33.8 Å². The molecule has 7 nitrogen and oxygen atoms in total. The Hall–Kier alpha value is -4.49. The minimum atomic E-state index is -5.02. The minimum Gasteiger partial charge on any atom is -0.410 e. The first-order valence-electron chi connectivity index (χ1n) is 13.0. The number of alkyl halides is 6. The largest absolute Gasteiger partial charge is 0.416 e. The van der Waals surface area contributed by atoms with Gasteiger partial charge in [-0.1, -0.05) is 70.4 Å². The van der Waals surface area contributed by atoms with E-state index < -0.39 is 29.5 Å². The lowest BCUT2D eigenvalue weighted by Crippen LogP contribution is -2.15. The van der Waals surface area contributed by atoms with Gasteiger partial charge in [-0.05, 0) is 35.4 Å². The Kier molecular flexibility index (Phi) is 8.62. The van der Waals surface area contributed by atoms with E-state index in [0.29, 0.717) is 23.3 Å². The summed E-state index contributed by atoms with van der Waals surface area (Å²) >= 11 is 6.38. The number of hydrogen-bond donors (Lipinski definition) is 2. The van der Waals surface area contributed by atoms with Gasteiger partial charge in [-0.15, -0.1) is 0 Å². The van der Waals surface area contributed by atoms with Gasteiger partial charge in [-0.3, -0.25) is 0 Å². The zero-order chi connectivity index (χ0) is 31.6. The molecule has 14 heteroatoms. The van der Waals surface area contributed by atoms with Gasteiger partial charge in [-0.25, -0.2) is 0 Å². The highest BCUT2D eigenvalue weighted by Crippen LogP contribution is 2.42. The van der Waals surface area contributed by atoms with Crippen molar-refractivity contribution in [3.05, 3.63) is 123 Å². The number of hydrogen-bond acceptors (Lipinski definition) is 7. The first-order chi connectivity index (χ1) is 20.9. The van der Waals surface area contributed by atoms with Crippen molar-refractivity contribution in [2.24, 2.45) is 15.4 Å². The number of halogens is 7. The van der Waals surface area contributed by atoms with Crippen molar-refractivity contribution in [3.63, 3.8) is 0 Å². The average Bonchev–Trinajstić information content (AvgIpc) is 3.58. The molecule has 228 valence electrons. The number of rotatable bonds is 8. The second-order valence-electron chi connectivity index (χ2n) is 9.71. The number of aliphatic hydroxyl groups excluding tert-OH is 1. The number of aromatic nitrogens is 1. The van der Waals surface area contributed by atoms with Crippen molar-refractivity contribution >= 4 is 28.6 Å². The molecule has 1 aliphatic rings. The van der Waals surface area contributed by atoms with E-state index in [4.69, 9.17) is 16.1 Å². The molecule has 0 fully saturated rings. The molecule has 1 aliphatic heterocycles. The fourth-order valence-corrected chi connectivity index (χ4v) is 5.14. The lowest BCUT2D eigenvalue weighted by molar-refractivity contribution is -0.143. The highest BCUT2D eigenvalue weighted by molar-refractivity contribution is 6.35. The summed E-state index contributed by atoms with van der Waals surface area (Å²) < 4.78 is 87.0. The Morgan fingerprint density at radius 1 is 0.909 bits per heavy atom. The van der Waals surface area contributed by atoms with Crippen LogP contribution in [0.25, 0.3) is 11.3 Å². The van der Waals surface area contributed by atoms with Crippen molar-refractivity contribution in [1.29, 1.82) is 0 Å². The zero-order valence-electron chi connectivity index (χ0n) is 22.4. The van der Waals surface area contributed by atoms with Crippen LogP contribution in [0.1, 0.15) is 44.8 Å². The van der Waals surface area contributed by atoms with Crippen molar-refractivity contribution in [2.45, 2.75) is 31.2 Å². The van der Waals surface area contributed by atoms with Crippen LogP contribution in [0.2, 0.25) is 5.02 Å². The van der Waals surface area contributed by atoms with Gasteiger partial charge in [0.15, 0.2) is 5.76 Å². The molecule has 0 spiro atoms. The van der Waals surface area contributed by atoms with Gasteiger partial charge >= 0.3 is 12.4 Å². The summed E-state index contributed by atoms with van der Waals surface area (Å²) in [6.45, 7) is -0.355. The first-order valence-corrected chi connectivity index (χ1v) is 13.4. The highest BCUT2D eigenvalue weighted by Gasteiger charge is 2.38. The topological polar surface area (TPSA) is 104 Å². The second kappa shape index (κ2) is 12.2. The summed E-state index contributed by atoms with van der Waals surface area (Å²) in [6, 6.07) is 15.2. The summed E-state index contributed by atoms with van der Waals surface area (Å²) in [5, 5.41) is 35.9. The predicted molar refractivity (Wildman–Crippen MR) is 148 cm³/mol. The number of aliphatic hydroxyl groups is 1. The lowest BCUT2D eigenvalue weighted by atomic mass is 9.89. The highest BCUT2D eigenvalue weighted by atomic mass is 35.5. The Labute approximate surface area is 250 Å². The van der Waals surface area contributed by atoms with Crippen molar-refractivity contribution in [3.8, 4) is 0 Å². The van der Waals surface area contributed by atoms with E-state index >= 15 is 0 Å². The fourth-order valence-electron chi connectivity index (χ4n) is 4.91. The number of azo groups is 1. The van der Waals surface area contributed by atoms with E-state index in [2.05, 4.69) is 20.5 Å². The molecule has 4 aromatic rings. The van der Waals surface area contributed by atoms with Crippen LogP contribution >= 0.6 is 11.6 Å². The van der Waals surface area contributed by atoms with E-state index in [1.807, 2.05) is 0 Å². The second-order valence-corrected chi connectivity index (χ2v) is 10.1. The Morgan fingerprint density at radius 2 is 1.55 bits per heavy atom. The normalized spacial score (nSPS) is 15.8. The van der Waals surface area contributed by atoms with Crippen molar-refractivity contribution < 1.29 is 41.2 Å². The maximum Gasteiger partial charge on any atom is 0.416 e. The van der Waals surface area contributed by atoms with Crippen LogP contribution in [-0.2, 0) is 25.2 Å². The molecule has 3 aromatic carbocycles. The molecule has 0 amide bonds. The van der Waals surface area contributed by atoms with E-state index in [1.165, 1.54) is 0 Å². The summed E-state index contributed by atoms with van der Waals surface area (Å²) in [4.78, 5) is 0. The summed E-state index contributed by atoms with van der Waals surface area (Å²) in [5.74, 6) is -0.0497. The molecule has 1 atom stereocenters. The van der Waals surface area contributed by atoms with Crippen LogP contribution in [0, 0.1) is 0 Å². The van der Waals surface area contributed by atoms with Gasteiger partial charge in [0.1, 0.15) is 17.5 Å². The number of benzene rings is 3. The van der Waals surface area contributed by atoms with E-state index in [9.17, 15) is 36.7 Å². The number of oxime groups is 1. The standard InChI is InChI=1S/C30H21ClF6N4O3/c31-21-9-5-4-8-20(21)26(40-43)25-22(10-11-42)41-44-28(25)27-24(17-6-2-1-3-7-17)23(38-39-27)14-16-12-18(29(32,33)34)15-19(13-16)30(35,36)37/h1-9,12-13,15,23,42-43H,10-11,14H2/b40-26+. The summed E-state index contributed by atoms with van der Waals surface area (Å²) in [6.07, 6.45) is -10.4. The molecule has 0 bridgehead atoms. The number of nitrogens with zero attached hydrogens (tertiary/aromatic N) is 4. The molecule has 0 saturated carbocycles. The monoisotopic (exact) mass is 634 g/mol. The van der Waals surface area contributed by atoms with Gasteiger partial charge in [0.05, 0.1) is 27.4 Å². The first kappa shape index (κ1) is 31.0. The Morgan fingerprint density at radius 3 is 2.14 bits per heavy atom. The molecular formula is C30H21ClF6N4O3. The lowest BCUT2D eigenvalue weighted by Gasteiger charge is -2.17. The van der Waals surface area contributed by atoms with Crippen LogP contribution < -0.4 is 0 Å². The molecule has 2 heterocycles. The molecule has 0 radical (unpaired) electrons. The third-order valence-corrected chi connectivity index (χ3v) is 7.17. The predicted octanol–water partition coefficient (Wildman–Crippen LogP) is 8.07. The smallest absolute Gasteiger partial charge is 0.410 e. The van der Waals surface area contributed by atoms with Crippen LogP contribution in [0.4, 0.5) is 26.3 Å². The molecule has 5 rings (SSSR count). The molecule has 2 N–H and O–H groups in total. The quantitative estimate of drug-likeness (QED) is 0.0885. The maximum absolute atomic E-state index is 13.6. The van der Waals surface area contributed by atoms with Gasteiger partial charge in [0.2, 0.25) is 0 Å². The average molecular weight is 635 g/mol. The molecule has 1 unspecified atom stereocenters. The third kappa shape index (κ3) is 6.24. The van der Waals surface area contributed by atoms with Gasteiger partial charge < -0.3 is 14.8 Å². The van der Waals surface area contributed by atoms with E-state index in [0.717, 1.165) is 0 Å². The van der Waals surface area contributed by atoms with Crippen LogP contribution in [0.3, 0.4) is 0 Å². The summed E-state index contributed by atoms with van der Waals surface area (Å²) in [7, 11) is 0. The van der Waals surface area contributed by atoms with Crippen molar-refractivity contribution in [2.75, 3.05) is 6.61 Å². The zero-order valence-corrected chi connectivity index (χ0v) is 23.1. The van der Waals surface area contributed by atoms with Crippen molar-refractivity contribution in [1.82, 2.24) is 5.16 Å². The SMILES string of the molecule is OCCc1noc(C2=C(c3ccccc3)C(Cc3cc(C(F)(F)F)cc(C(F)(F)F)c3)N=N2)c1/C(=N/O)c1ccccc1Cl.